The van der Waals surface area contributed by atoms with Crippen LogP contribution >= 0.6 is 0 Å². The molecule has 3 N–H and O–H groups in total. The van der Waals surface area contributed by atoms with Crippen molar-refractivity contribution < 1.29 is 4.79 Å². The monoisotopic (exact) mass is 270 g/mol. The number of rotatable bonds is 1. The molecule has 5 heteroatoms. The smallest absolute Gasteiger partial charge is 0.254 e. The number of hydrogen-bond acceptors (Lipinski definition) is 3. The zero-order valence-corrected chi connectivity index (χ0v) is 11.7. The predicted octanol–water partition coefficient (Wildman–Crippen LogP) is 1.81. The van der Waals surface area contributed by atoms with E-state index in [4.69, 9.17) is 5.73 Å². The minimum absolute atomic E-state index is 0.0620. The molecule has 1 aliphatic rings. The van der Waals surface area contributed by atoms with Crippen LogP contribution in [0.5, 0.6) is 0 Å². The van der Waals surface area contributed by atoms with Crippen molar-refractivity contribution in [3.05, 3.63) is 46.1 Å². The van der Waals surface area contributed by atoms with Crippen LogP contribution in [0.25, 0.3) is 0 Å². The van der Waals surface area contributed by atoms with Gasteiger partial charge in [-0.05, 0) is 43.5 Å². The molecule has 0 fully saturated rings. The van der Waals surface area contributed by atoms with E-state index in [1.807, 2.05) is 36.9 Å². The number of H-pyrrole nitrogens is 1. The minimum atomic E-state index is 0.0620. The first-order valence-electron chi connectivity index (χ1n) is 6.74. The molecule has 0 atom stereocenters. The number of carbonyl (C=O) groups is 1. The van der Waals surface area contributed by atoms with Crippen molar-refractivity contribution in [3.63, 3.8) is 0 Å². The third-order valence-corrected chi connectivity index (χ3v) is 4.01. The summed E-state index contributed by atoms with van der Waals surface area (Å²) in [5, 5.41) is 6.92. The quantitative estimate of drug-likeness (QED) is 0.829. The predicted molar refractivity (Wildman–Crippen MR) is 77.4 cm³/mol. The Hall–Kier alpha value is -2.30. The van der Waals surface area contributed by atoms with Crippen molar-refractivity contribution in [2.24, 2.45) is 0 Å². The fourth-order valence-electron chi connectivity index (χ4n) is 2.57. The van der Waals surface area contributed by atoms with Gasteiger partial charge in [0.05, 0.1) is 12.2 Å². The summed E-state index contributed by atoms with van der Waals surface area (Å²) in [6.07, 6.45) is 0.758. The van der Waals surface area contributed by atoms with Crippen LogP contribution in [0.4, 0.5) is 5.82 Å². The van der Waals surface area contributed by atoms with Crippen molar-refractivity contribution in [2.45, 2.75) is 26.8 Å². The number of carbonyl (C=O) groups excluding carboxylic acids is 1. The number of amides is 1. The average molecular weight is 270 g/mol. The van der Waals surface area contributed by atoms with Gasteiger partial charge in [-0.25, -0.2) is 0 Å². The Labute approximate surface area is 117 Å². The number of benzene rings is 1. The van der Waals surface area contributed by atoms with E-state index in [1.165, 1.54) is 5.56 Å². The third kappa shape index (κ3) is 2.05. The maximum absolute atomic E-state index is 12.5. The van der Waals surface area contributed by atoms with E-state index in [0.29, 0.717) is 18.9 Å². The van der Waals surface area contributed by atoms with Crippen molar-refractivity contribution in [3.8, 4) is 0 Å². The Morgan fingerprint density at radius 3 is 2.90 bits per heavy atom. The van der Waals surface area contributed by atoms with Gasteiger partial charge in [0, 0.05) is 17.7 Å². The number of nitrogens with one attached hydrogen (secondary N) is 1. The van der Waals surface area contributed by atoms with E-state index in [0.717, 1.165) is 28.8 Å². The molecule has 0 saturated carbocycles. The summed E-state index contributed by atoms with van der Waals surface area (Å²) in [7, 11) is 0. The van der Waals surface area contributed by atoms with Crippen LogP contribution in [-0.4, -0.2) is 27.5 Å². The van der Waals surface area contributed by atoms with Crippen LogP contribution in [0.1, 0.15) is 32.7 Å². The molecule has 0 radical (unpaired) electrons. The molecule has 104 valence electrons. The van der Waals surface area contributed by atoms with Gasteiger partial charge in [-0.15, -0.1) is 0 Å². The second-order valence-corrected chi connectivity index (χ2v) is 5.34. The van der Waals surface area contributed by atoms with Gasteiger partial charge >= 0.3 is 0 Å². The molecule has 3 rings (SSSR count). The van der Waals surface area contributed by atoms with Gasteiger partial charge in [0.1, 0.15) is 5.82 Å². The van der Waals surface area contributed by atoms with Gasteiger partial charge in [-0.1, -0.05) is 6.07 Å². The highest BCUT2D eigenvalue weighted by molar-refractivity contribution is 5.94. The molecule has 1 amide bonds. The normalized spacial score (nSPS) is 14.2. The molecular formula is C15H18N4O. The summed E-state index contributed by atoms with van der Waals surface area (Å²) in [6.45, 7) is 5.30. The topological polar surface area (TPSA) is 75.0 Å². The van der Waals surface area contributed by atoms with Crippen LogP contribution in [0.2, 0.25) is 0 Å². The van der Waals surface area contributed by atoms with Crippen LogP contribution in [-0.2, 0) is 13.0 Å². The number of aromatic nitrogens is 2. The van der Waals surface area contributed by atoms with Crippen LogP contribution < -0.4 is 5.73 Å². The van der Waals surface area contributed by atoms with Gasteiger partial charge in [-0.3, -0.25) is 9.89 Å². The second-order valence-electron chi connectivity index (χ2n) is 5.34. The Balaban J connectivity index is 1.83. The number of nitrogens with two attached hydrogens (primary N) is 1. The fourth-order valence-corrected chi connectivity index (χ4v) is 2.57. The Morgan fingerprint density at radius 1 is 1.35 bits per heavy atom. The molecule has 1 aliphatic heterocycles. The first-order valence-corrected chi connectivity index (χ1v) is 6.74. The number of nitrogen functional groups attached to an aromatic ring is 1. The molecule has 1 aromatic heterocycles. The van der Waals surface area contributed by atoms with Crippen molar-refractivity contribution in [1.29, 1.82) is 0 Å². The molecule has 0 unspecified atom stereocenters. The van der Waals surface area contributed by atoms with E-state index in [9.17, 15) is 4.79 Å². The Kier molecular flexibility index (Phi) is 2.97. The van der Waals surface area contributed by atoms with E-state index < -0.39 is 0 Å². The van der Waals surface area contributed by atoms with E-state index in [1.54, 1.807) is 0 Å². The van der Waals surface area contributed by atoms with Crippen molar-refractivity contribution >= 4 is 11.7 Å². The number of aromatic amines is 1. The lowest BCUT2D eigenvalue weighted by molar-refractivity contribution is 0.0732. The van der Waals surface area contributed by atoms with Gasteiger partial charge in [0.25, 0.3) is 5.91 Å². The lowest BCUT2D eigenvalue weighted by atomic mass is 10.0. The second kappa shape index (κ2) is 4.67. The number of nitrogens with zero attached hydrogens (tertiary/aromatic N) is 2. The summed E-state index contributed by atoms with van der Waals surface area (Å²) < 4.78 is 0. The first kappa shape index (κ1) is 12.7. The highest BCUT2D eigenvalue weighted by Gasteiger charge is 2.24. The van der Waals surface area contributed by atoms with Crippen molar-refractivity contribution in [2.75, 3.05) is 12.3 Å². The lowest BCUT2D eigenvalue weighted by Gasteiger charge is -2.27. The lowest BCUT2D eigenvalue weighted by Crippen LogP contribution is -2.36. The maximum Gasteiger partial charge on any atom is 0.254 e. The molecule has 0 aliphatic carbocycles. The molecular weight excluding hydrogens is 252 g/mol. The molecule has 0 saturated heterocycles. The molecule has 0 spiro atoms. The van der Waals surface area contributed by atoms with Crippen LogP contribution in [0, 0.1) is 13.8 Å². The fraction of sp³-hybridized carbons (Fsp3) is 0.333. The number of fused-ring (bicyclic) bond motifs is 1. The third-order valence-electron chi connectivity index (χ3n) is 4.01. The van der Waals surface area contributed by atoms with Crippen molar-refractivity contribution in [1.82, 2.24) is 15.1 Å². The maximum atomic E-state index is 12.5. The zero-order chi connectivity index (χ0) is 14.3. The van der Waals surface area contributed by atoms with E-state index >= 15 is 0 Å². The molecule has 2 aromatic rings. The Bertz CT molecular complexity index is 675. The van der Waals surface area contributed by atoms with Gasteiger partial charge in [0.15, 0.2) is 0 Å². The largest absolute Gasteiger partial charge is 0.382 e. The molecule has 0 bridgehead atoms. The SMILES string of the molecule is Cc1ccc(C(=O)N2CCc3c(N)n[nH]c3C2)cc1C. The van der Waals surface area contributed by atoms with Crippen LogP contribution in [0.3, 0.4) is 0 Å². The average Bonchev–Trinajstić information content (AvgIpc) is 2.82. The van der Waals surface area contributed by atoms with E-state index in [2.05, 4.69) is 10.2 Å². The standard InChI is InChI=1S/C15H18N4O/c1-9-3-4-11(7-10(9)2)15(20)19-6-5-12-13(8-19)17-18-14(12)16/h3-4,7H,5-6,8H2,1-2H3,(H3,16,17,18). The van der Waals surface area contributed by atoms with E-state index in [-0.39, 0.29) is 5.91 Å². The highest BCUT2D eigenvalue weighted by Crippen LogP contribution is 2.23. The zero-order valence-electron chi connectivity index (χ0n) is 11.7. The Morgan fingerprint density at radius 2 is 2.15 bits per heavy atom. The molecule has 5 nitrogen and oxygen atoms in total. The summed E-state index contributed by atoms with van der Waals surface area (Å²) in [6, 6.07) is 5.84. The summed E-state index contributed by atoms with van der Waals surface area (Å²) in [4.78, 5) is 14.4. The molecule has 20 heavy (non-hydrogen) atoms. The molecule has 2 heterocycles. The number of hydrogen-bond donors (Lipinski definition) is 2. The van der Waals surface area contributed by atoms with Gasteiger partial charge < -0.3 is 10.6 Å². The van der Waals surface area contributed by atoms with Gasteiger partial charge in [0.2, 0.25) is 0 Å². The highest BCUT2D eigenvalue weighted by atomic mass is 16.2. The number of aryl methyl sites for hydroxylation is 2. The van der Waals surface area contributed by atoms with Gasteiger partial charge in [-0.2, -0.15) is 5.10 Å². The summed E-state index contributed by atoms with van der Waals surface area (Å²) in [5.74, 6) is 0.616. The summed E-state index contributed by atoms with van der Waals surface area (Å²) >= 11 is 0. The summed E-state index contributed by atoms with van der Waals surface area (Å²) in [5.41, 5.74) is 10.9. The number of anilines is 1. The minimum Gasteiger partial charge on any atom is -0.382 e. The van der Waals surface area contributed by atoms with Crippen LogP contribution in [0.15, 0.2) is 18.2 Å². The molecule has 1 aromatic carbocycles. The first-order chi connectivity index (χ1) is 9.56.